The van der Waals surface area contributed by atoms with Gasteiger partial charge in [0.05, 0.1) is 11.8 Å². The van der Waals surface area contributed by atoms with Crippen LogP contribution in [0.15, 0.2) is 46.9 Å². The van der Waals surface area contributed by atoms with Gasteiger partial charge in [0.25, 0.3) is 5.91 Å². The Morgan fingerprint density at radius 2 is 2.14 bits per heavy atom. The van der Waals surface area contributed by atoms with Gasteiger partial charge in [0, 0.05) is 35.8 Å². The van der Waals surface area contributed by atoms with Crippen molar-refractivity contribution in [1.29, 1.82) is 0 Å². The number of benzene rings is 1. The van der Waals surface area contributed by atoms with Crippen LogP contribution in [0.2, 0.25) is 5.02 Å². The van der Waals surface area contributed by atoms with Gasteiger partial charge < -0.3 is 14.8 Å². The third-order valence-corrected chi connectivity index (χ3v) is 6.61. The van der Waals surface area contributed by atoms with E-state index < -0.39 is 12.2 Å². The second kappa shape index (κ2) is 8.64. The Morgan fingerprint density at radius 3 is 2.86 bits per heavy atom. The molecule has 2 aliphatic rings. The highest BCUT2D eigenvalue weighted by Gasteiger charge is 2.35. The number of carbonyl (C=O) groups is 1. The Bertz CT molecular complexity index is 847. The summed E-state index contributed by atoms with van der Waals surface area (Å²) in [5.74, 6) is 0.191. The van der Waals surface area contributed by atoms with Crippen LogP contribution in [0.1, 0.15) is 35.8 Å². The lowest BCUT2D eigenvalue weighted by Gasteiger charge is -2.34. The van der Waals surface area contributed by atoms with Crippen molar-refractivity contribution in [3.63, 3.8) is 0 Å². The van der Waals surface area contributed by atoms with Gasteiger partial charge in [-0.05, 0) is 47.9 Å². The maximum absolute atomic E-state index is 12.8. The van der Waals surface area contributed by atoms with E-state index in [2.05, 4.69) is 5.16 Å². The third kappa shape index (κ3) is 4.40. The summed E-state index contributed by atoms with van der Waals surface area (Å²) in [4.78, 5) is 21.1. The molecule has 0 bridgehead atoms. The van der Waals surface area contributed by atoms with Gasteiger partial charge in [0.1, 0.15) is 0 Å². The molecular weight excluding hydrogens is 396 g/mol. The Balaban J connectivity index is 1.27. The number of rotatable bonds is 5. The summed E-state index contributed by atoms with van der Waals surface area (Å²) in [5, 5.41) is 17.3. The molecule has 2 aromatic rings. The van der Waals surface area contributed by atoms with Crippen molar-refractivity contribution in [3.05, 3.63) is 57.2 Å². The second-order valence-corrected chi connectivity index (χ2v) is 8.80. The standard InChI is InChI=1S/C21H23ClN2O3S/c22-16-4-1-3-14(11-16)12-17-13-18(27-23-17)21(26)24-8-6-15(7-9-24)20(25)19-5-2-10-28-19/h1-5,10-11,15,18,20,25H,6-9,12-13H2/t18-,20+/m1/s1. The third-order valence-electron chi connectivity index (χ3n) is 5.44. The first-order valence-corrected chi connectivity index (χ1v) is 10.8. The molecule has 0 spiro atoms. The molecule has 2 atom stereocenters. The van der Waals surface area contributed by atoms with E-state index >= 15 is 0 Å². The van der Waals surface area contributed by atoms with Crippen molar-refractivity contribution in [2.75, 3.05) is 13.1 Å². The molecule has 3 heterocycles. The van der Waals surface area contributed by atoms with Crippen LogP contribution in [-0.2, 0) is 16.1 Å². The van der Waals surface area contributed by atoms with E-state index in [1.54, 1.807) is 11.3 Å². The van der Waals surface area contributed by atoms with Gasteiger partial charge in [0.2, 0.25) is 6.10 Å². The predicted molar refractivity (Wildman–Crippen MR) is 111 cm³/mol. The zero-order valence-electron chi connectivity index (χ0n) is 15.5. The van der Waals surface area contributed by atoms with E-state index in [0.717, 1.165) is 29.0 Å². The first kappa shape index (κ1) is 19.4. The average Bonchev–Trinajstić information content (AvgIpc) is 3.39. The van der Waals surface area contributed by atoms with E-state index in [4.69, 9.17) is 16.4 Å². The number of piperidine rings is 1. The Labute approximate surface area is 173 Å². The molecule has 4 rings (SSSR count). The summed E-state index contributed by atoms with van der Waals surface area (Å²) in [6.45, 7) is 1.30. The fourth-order valence-electron chi connectivity index (χ4n) is 3.88. The molecule has 148 valence electrons. The molecule has 1 amide bonds. The SMILES string of the molecule is O=C([C@H]1CC(Cc2cccc(Cl)c2)=NO1)N1CCC([C@H](O)c2cccs2)CC1. The molecule has 0 saturated carbocycles. The number of amides is 1. The van der Waals surface area contributed by atoms with E-state index in [-0.39, 0.29) is 11.8 Å². The lowest BCUT2D eigenvalue weighted by atomic mass is 9.90. The Kier molecular flexibility index (Phi) is 5.99. The number of halogens is 1. The molecule has 1 saturated heterocycles. The summed E-state index contributed by atoms with van der Waals surface area (Å²) in [5.41, 5.74) is 1.93. The van der Waals surface area contributed by atoms with Gasteiger partial charge in [-0.1, -0.05) is 35.0 Å². The van der Waals surface area contributed by atoms with E-state index in [9.17, 15) is 9.90 Å². The number of hydrogen-bond acceptors (Lipinski definition) is 5. The number of nitrogens with zero attached hydrogens (tertiary/aromatic N) is 2. The summed E-state index contributed by atoms with van der Waals surface area (Å²) in [6.07, 6.45) is 1.78. The highest BCUT2D eigenvalue weighted by molar-refractivity contribution is 7.10. The van der Waals surface area contributed by atoms with Crippen LogP contribution in [0.4, 0.5) is 0 Å². The van der Waals surface area contributed by atoms with Gasteiger partial charge >= 0.3 is 0 Å². The summed E-state index contributed by atoms with van der Waals surface area (Å²) >= 11 is 7.61. The largest absolute Gasteiger partial charge is 0.387 e. The minimum atomic E-state index is -0.534. The van der Waals surface area contributed by atoms with Crippen LogP contribution in [0.5, 0.6) is 0 Å². The molecule has 1 fully saturated rings. The molecule has 1 aromatic carbocycles. The van der Waals surface area contributed by atoms with Crippen molar-refractivity contribution in [2.45, 2.75) is 37.9 Å². The van der Waals surface area contributed by atoms with E-state index in [1.807, 2.05) is 46.7 Å². The van der Waals surface area contributed by atoms with Crippen LogP contribution in [0, 0.1) is 5.92 Å². The van der Waals surface area contributed by atoms with Crippen molar-refractivity contribution in [2.24, 2.45) is 11.1 Å². The first-order chi connectivity index (χ1) is 13.6. The smallest absolute Gasteiger partial charge is 0.266 e. The molecule has 1 N–H and O–H groups in total. The fourth-order valence-corrected chi connectivity index (χ4v) is 4.89. The Morgan fingerprint density at radius 1 is 1.32 bits per heavy atom. The highest BCUT2D eigenvalue weighted by Crippen LogP contribution is 2.33. The number of hydrogen-bond donors (Lipinski definition) is 1. The van der Waals surface area contributed by atoms with Crippen LogP contribution in [-0.4, -0.2) is 40.8 Å². The molecule has 28 heavy (non-hydrogen) atoms. The monoisotopic (exact) mass is 418 g/mol. The fraction of sp³-hybridized carbons (Fsp3) is 0.429. The number of carbonyl (C=O) groups excluding carboxylic acids is 1. The molecular formula is C21H23ClN2O3S. The zero-order chi connectivity index (χ0) is 19.5. The molecule has 0 radical (unpaired) electrons. The van der Waals surface area contributed by atoms with Crippen LogP contribution < -0.4 is 0 Å². The van der Waals surface area contributed by atoms with Gasteiger partial charge in [-0.15, -0.1) is 11.3 Å². The van der Waals surface area contributed by atoms with Crippen LogP contribution in [0.25, 0.3) is 0 Å². The van der Waals surface area contributed by atoms with Gasteiger partial charge in [-0.25, -0.2) is 0 Å². The molecule has 7 heteroatoms. The molecule has 2 aliphatic heterocycles. The maximum Gasteiger partial charge on any atom is 0.266 e. The second-order valence-electron chi connectivity index (χ2n) is 7.39. The van der Waals surface area contributed by atoms with Crippen molar-refractivity contribution in [3.8, 4) is 0 Å². The predicted octanol–water partition coefficient (Wildman–Crippen LogP) is 4.06. The van der Waals surface area contributed by atoms with Gasteiger partial charge in [-0.2, -0.15) is 0 Å². The highest BCUT2D eigenvalue weighted by atomic mass is 35.5. The maximum atomic E-state index is 12.8. The number of thiophene rings is 1. The Hall–Kier alpha value is -1.89. The number of aliphatic hydroxyl groups excluding tert-OH is 1. The van der Waals surface area contributed by atoms with Crippen molar-refractivity contribution < 1.29 is 14.7 Å². The van der Waals surface area contributed by atoms with Gasteiger partial charge in [0.15, 0.2) is 0 Å². The number of oxime groups is 1. The number of likely N-dealkylation sites (tertiary alicyclic amines) is 1. The minimum Gasteiger partial charge on any atom is -0.387 e. The van der Waals surface area contributed by atoms with Gasteiger partial charge in [-0.3, -0.25) is 4.79 Å². The summed E-state index contributed by atoms with van der Waals surface area (Å²) in [7, 11) is 0. The van der Waals surface area contributed by atoms with E-state index in [1.165, 1.54) is 0 Å². The first-order valence-electron chi connectivity index (χ1n) is 9.56. The van der Waals surface area contributed by atoms with Crippen LogP contribution >= 0.6 is 22.9 Å². The summed E-state index contributed by atoms with van der Waals surface area (Å²) < 4.78 is 0. The average molecular weight is 419 g/mol. The molecule has 0 unspecified atom stereocenters. The number of aliphatic hydroxyl groups is 1. The normalized spacial score (nSPS) is 21.3. The quantitative estimate of drug-likeness (QED) is 0.796. The van der Waals surface area contributed by atoms with E-state index in [0.29, 0.717) is 31.0 Å². The molecule has 0 aliphatic carbocycles. The summed E-state index contributed by atoms with van der Waals surface area (Å²) in [6, 6.07) is 11.6. The lowest BCUT2D eigenvalue weighted by Crippen LogP contribution is -2.44. The lowest BCUT2D eigenvalue weighted by molar-refractivity contribution is -0.144. The van der Waals surface area contributed by atoms with Crippen molar-refractivity contribution >= 4 is 34.6 Å². The van der Waals surface area contributed by atoms with Crippen molar-refractivity contribution in [1.82, 2.24) is 4.90 Å². The zero-order valence-corrected chi connectivity index (χ0v) is 17.0. The van der Waals surface area contributed by atoms with Crippen LogP contribution in [0.3, 0.4) is 0 Å². The minimum absolute atomic E-state index is 0.00564. The molecule has 5 nitrogen and oxygen atoms in total. The molecule has 1 aromatic heterocycles. The topological polar surface area (TPSA) is 62.1 Å².